The van der Waals surface area contributed by atoms with Crippen molar-refractivity contribution in [2.24, 2.45) is 5.41 Å². The standard InChI is InChI=1S/C20H22BNO7S/c1-20(2,3)19(25)28-11-27-18(24)13-7-4-6-12-10-15(21(26)29-16(12)13)22-17(23)14-8-5-9-30-14/h4-9,15,26H,10-11H2,1-3H3,(H,22,23)/t15-/m0/s1. The maximum Gasteiger partial charge on any atom is 0.547 e. The van der Waals surface area contributed by atoms with Crippen molar-refractivity contribution in [1.29, 1.82) is 0 Å². The van der Waals surface area contributed by atoms with E-state index in [0.29, 0.717) is 10.4 Å². The van der Waals surface area contributed by atoms with Gasteiger partial charge in [0.1, 0.15) is 11.3 Å². The number of thiophene rings is 1. The first-order valence-electron chi connectivity index (χ1n) is 9.32. The highest BCUT2D eigenvalue weighted by Crippen LogP contribution is 2.31. The first-order chi connectivity index (χ1) is 14.2. The summed E-state index contributed by atoms with van der Waals surface area (Å²) in [5, 5.41) is 14.9. The maximum atomic E-state index is 12.4. The largest absolute Gasteiger partial charge is 0.547 e. The van der Waals surface area contributed by atoms with E-state index in [-0.39, 0.29) is 23.6 Å². The Morgan fingerprint density at radius 1 is 1.23 bits per heavy atom. The average molecular weight is 431 g/mol. The molecule has 8 nitrogen and oxygen atoms in total. The van der Waals surface area contributed by atoms with Gasteiger partial charge in [0.15, 0.2) is 0 Å². The van der Waals surface area contributed by atoms with Crippen molar-refractivity contribution >= 4 is 36.3 Å². The van der Waals surface area contributed by atoms with Gasteiger partial charge >= 0.3 is 19.1 Å². The number of esters is 2. The number of benzene rings is 1. The van der Waals surface area contributed by atoms with Gasteiger partial charge in [-0.15, -0.1) is 11.3 Å². The minimum absolute atomic E-state index is 0.0985. The molecule has 158 valence electrons. The third kappa shape index (κ3) is 5.00. The minimum atomic E-state index is -1.34. The van der Waals surface area contributed by atoms with Crippen molar-refractivity contribution in [2.45, 2.75) is 33.1 Å². The van der Waals surface area contributed by atoms with Crippen LogP contribution < -0.4 is 9.97 Å². The van der Waals surface area contributed by atoms with Crippen molar-refractivity contribution < 1.29 is 33.5 Å². The molecular formula is C20H22BNO7S. The summed E-state index contributed by atoms with van der Waals surface area (Å²) >= 11 is 1.29. The molecule has 0 aliphatic carbocycles. The summed E-state index contributed by atoms with van der Waals surface area (Å²) in [6, 6.07) is 8.33. The lowest BCUT2D eigenvalue weighted by Gasteiger charge is -2.29. The summed E-state index contributed by atoms with van der Waals surface area (Å²) in [5.41, 5.74) is 0.0213. The Hall–Kier alpha value is -2.85. The van der Waals surface area contributed by atoms with Gasteiger partial charge in [-0.2, -0.15) is 0 Å². The first-order valence-corrected chi connectivity index (χ1v) is 10.2. The summed E-state index contributed by atoms with van der Waals surface area (Å²) in [6.45, 7) is 4.54. The van der Waals surface area contributed by atoms with Crippen LogP contribution in [0.15, 0.2) is 35.7 Å². The van der Waals surface area contributed by atoms with Crippen LogP contribution in [0, 0.1) is 5.41 Å². The second-order valence-corrected chi connectivity index (χ2v) is 8.74. The van der Waals surface area contributed by atoms with Crippen molar-refractivity contribution in [3.05, 3.63) is 51.7 Å². The number of nitrogens with one attached hydrogen (secondary N) is 1. The topological polar surface area (TPSA) is 111 Å². The zero-order valence-electron chi connectivity index (χ0n) is 16.8. The molecule has 2 heterocycles. The lowest BCUT2D eigenvalue weighted by Crippen LogP contribution is -2.53. The van der Waals surface area contributed by atoms with E-state index in [1.807, 2.05) is 0 Å². The van der Waals surface area contributed by atoms with Crippen LogP contribution >= 0.6 is 11.3 Å². The molecule has 2 aromatic rings. The molecule has 0 radical (unpaired) electrons. The minimum Gasteiger partial charge on any atom is -0.534 e. The van der Waals surface area contributed by atoms with Gasteiger partial charge in [0.05, 0.1) is 16.2 Å². The number of amides is 1. The average Bonchev–Trinajstić information content (AvgIpc) is 3.22. The Bertz CT molecular complexity index is 939. The Balaban J connectivity index is 1.66. The predicted octanol–water partition coefficient (Wildman–Crippen LogP) is 2.20. The normalized spacial score (nSPS) is 15.6. The van der Waals surface area contributed by atoms with Crippen LogP contribution in [0.1, 0.15) is 46.4 Å². The smallest absolute Gasteiger partial charge is 0.534 e. The van der Waals surface area contributed by atoms with Gasteiger partial charge in [0.2, 0.25) is 6.79 Å². The highest BCUT2D eigenvalue weighted by Gasteiger charge is 2.38. The molecule has 10 heteroatoms. The highest BCUT2D eigenvalue weighted by atomic mass is 32.1. The van der Waals surface area contributed by atoms with E-state index < -0.39 is 37.2 Å². The van der Waals surface area contributed by atoms with E-state index >= 15 is 0 Å². The molecule has 0 fully saturated rings. The lowest BCUT2D eigenvalue weighted by atomic mass is 9.72. The molecular weight excluding hydrogens is 409 g/mol. The number of ether oxygens (including phenoxy) is 2. The third-order valence-corrected chi connectivity index (χ3v) is 5.26. The molecule has 1 aliphatic rings. The fourth-order valence-electron chi connectivity index (χ4n) is 2.79. The van der Waals surface area contributed by atoms with Gasteiger partial charge in [0.25, 0.3) is 5.91 Å². The third-order valence-electron chi connectivity index (χ3n) is 4.39. The van der Waals surface area contributed by atoms with Crippen molar-refractivity contribution in [2.75, 3.05) is 6.79 Å². The zero-order valence-corrected chi connectivity index (χ0v) is 17.7. The number of rotatable bonds is 5. The molecule has 0 spiro atoms. The van der Waals surface area contributed by atoms with E-state index in [4.69, 9.17) is 14.1 Å². The van der Waals surface area contributed by atoms with Crippen LogP contribution in [0.25, 0.3) is 0 Å². The molecule has 1 aromatic heterocycles. The van der Waals surface area contributed by atoms with Crippen molar-refractivity contribution in [3.63, 3.8) is 0 Å². The lowest BCUT2D eigenvalue weighted by molar-refractivity contribution is -0.161. The van der Waals surface area contributed by atoms with E-state index in [2.05, 4.69) is 5.32 Å². The van der Waals surface area contributed by atoms with Crippen molar-refractivity contribution in [3.8, 4) is 5.75 Å². The number of fused-ring (bicyclic) bond motifs is 1. The number of carbonyl (C=O) groups is 3. The number of hydrogen-bond acceptors (Lipinski definition) is 8. The number of para-hydroxylation sites is 1. The monoisotopic (exact) mass is 431 g/mol. The van der Waals surface area contributed by atoms with Gasteiger partial charge in [-0.05, 0) is 50.3 Å². The summed E-state index contributed by atoms with van der Waals surface area (Å²) < 4.78 is 15.5. The van der Waals surface area contributed by atoms with Gasteiger partial charge in [-0.1, -0.05) is 18.2 Å². The molecule has 3 rings (SSSR count). The fourth-order valence-corrected chi connectivity index (χ4v) is 3.41. The molecule has 1 amide bonds. The molecule has 0 unspecified atom stereocenters. The summed E-state index contributed by atoms with van der Waals surface area (Å²) in [5.74, 6) is -2.05. The summed E-state index contributed by atoms with van der Waals surface area (Å²) in [6.07, 6.45) is 0.272. The Morgan fingerprint density at radius 2 is 2.00 bits per heavy atom. The molecule has 0 bridgehead atoms. The van der Waals surface area contributed by atoms with Gasteiger partial charge in [0, 0.05) is 0 Å². The van der Waals surface area contributed by atoms with Crippen LogP contribution in [-0.4, -0.2) is 42.7 Å². The molecule has 0 saturated carbocycles. The van der Waals surface area contributed by atoms with Gasteiger partial charge in [-0.25, -0.2) is 4.79 Å². The van der Waals surface area contributed by atoms with Crippen LogP contribution in [-0.2, 0) is 20.7 Å². The predicted molar refractivity (Wildman–Crippen MR) is 110 cm³/mol. The Labute approximate surface area is 178 Å². The highest BCUT2D eigenvalue weighted by molar-refractivity contribution is 7.12. The SMILES string of the molecule is CC(C)(C)C(=O)OCOC(=O)c1cccc2c1OB(O)[C@@H](NC(=O)c1cccs1)C2. The van der Waals surface area contributed by atoms with E-state index in [0.717, 1.165) is 0 Å². The van der Waals surface area contributed by atoms with Gasteiger partial charge in [-0.3, -0.25) is 9.59 Å². The van der Waals surface area contributed by atoms with Crippen LogP contribution in [0.3, 0.4) is 0 Å². The van der Waals surface area contributed by atoms with E-state index in [9.17, 15) is 19.4 Å². The van der Waals surface area contributed by atoms with Gasteiger partial charge < -0.3 is 24.5 Å². The fraction of sp³-hybridized carbons (Fsp3) is 0.350. The number of hydrogen-bond donors (Lipinski definition) is 2. The van der Waals surface area contributed by atoms with Crippen LogP contribution in [0.5, 0.6) is 5.75 Å². The summed E-state index contributed by atoms with van der Waals surface area (Å²) in [4.78, 5) is 37.0. The Morgan fingerprint density at radius 3 is 2.67 bits per heavy atom. The second kappa shape index (κ2) is 8.89. The summed E-state index contributed by atoms with van der Waals surface area (Å²) in [7, 11) is -1.34. The zero-order chi connectivity index (χ0) is 21.9. The second-order valence-electron chi connectivity index (χ2n) is 7.80. The van der Waals surface area contributed by atoms with Crippen molar-refractivity contribution in [1.82, 2.24) is 5.32 Å². The Kier molecular flexibility index (Phi) is 6.47. The quantitative estimate of drug-likeness (QED) is 0.424. The van der Waals surface area contributed by atoms with E-state index in [1.54, 1.807) is 50.4 Å². The molecule has 1 aliphatic heterocycles. The number of carbonyl (C=O) groups excluding carboxylic acids is 3. The molecule has 1 aromatic carbocycles. The van der Waals surface area contributed by atoms with Crippen LogP contribution in [0.2, 0.25) is 0 Å². The molecule has 1 atom stereocenters. The first kappa shape index (κ1) is 21.9. The van der Waals surface area contributed by atoms with Crippen LogP contribution in [0.4, 0.5) is 0 Å². The molecule has 2 N–H and O–H groups in total. The molecule has 30 heavy (non-hydrogen) atoms. The molecule has 0 saturated heterocycles. The maximum absolute atomic E-state index is 12.4. The van der Waals surface area contributed by atoms with E-state index in [1.165, 1.54) is 17.4 Å².